The van der Waals surface area contributed by atoms with Crippen LogP contribution < -0.4 is 10.1 Å². The normalized spacial score (nSPS) is 10.7. The van der Waals surface area contributed by atoms with Crippen molar-refractivity contribution < 1.29 is 9.53 Å². The smallest absolute Gasteiger partial charge is 0.255 e. The lowest BCUT2D eigenvalue weighted by Gasteiger charge is -2.08. The minimum atomic E-state index is -0.226. The van der Waals surface area contributed by atoms with Crippen LogP contribution in [-0.2, 0) is 6.61 Å². The van der Waals surface area contributed by atoms with Crippen LogP contribution in [0.25, 0.3) is 5.65 Å². The van der Waals surface area contributed by atoms with E-state index in [-0.39, 0.29) is 5.91 Å². The number of benzene rings is 2. The van der Waals surface area contributed by atoms with Crippen LogP contribution in [0.4, 0.5) is 5.69 Å². The summed E-state index contributed by atoms with van der Waals surface area (Å²) in [7, 11) is 0. The third-order valence-corrected chi connectivity index (χ3v) is 4.21. The maximum absolute atomic E-state index is 12.4. The summed E-state index contributed by atoms with van der Waals surface area (Å²) in [4.78, 5) is 16.9. The predicted octanol–water partition coefficient (Wildman–Crippen LogP) is 4.82. The summed E-state index contributed by atoms with van der Waals surface area (Å²) in [6, 6.07) is 19.9. The third kappa shape index (κ3) is 4.10. The van der Waals surface area contributed by atoms with Crippen molar-refractivity contribution in [3.05, 3.63) is 95.4 Å². The van der Waals surface area contributed by atoms with Gasteiger partial charge in [0, 0.05) is 28.7 Å². The summed E-state index contributed by atoms with van der Waals surface area (Å²) in [6.45, 7) is 0.320. The quantitative estimate of drug-likeness (QED) is 0.542. The van der Waals surface area contributed by atoms with Gasteiger partial charge in [0.15, 0.2) is 0 Å². The van der Waals surface area contributed by atoms with Crippen molar-refractivity contribution in [1.29, 1.82) is 0 Å². The van der Waals surface area contributed by atoms with Crippen LogP contribution in [0.15, 0.2) is 79.1 Å². The number of carbonyl (C=O) groups is 1. The Kier molecular flexibility index (Phi) is 4.77. The van der Waals surface area contributed by atoms with Gasteiger partial charge in [0.2, 0.25) is 0 Å². The van der Waals surface area contributed by atoms with Gasteiger partial charge in [-0.25, -0.2) is 4.98 Å². The Labute approximate surface area is 161 Å². The van der Waals surface area contributed by atoms with Gasteiger partial charge in [0.1, 0.15) is 18.0 Å². The standard InChI is InChI=1S/C21H16ClN3O2/c22-16-6-4-7-17(12-16)24-21(26)15-5-3-8-19(11-15)27-14-18-13-25-10-2-1-9-20(25)23-18/h1-13H,14H2,(H,24,26). The van der Waals surface area contributed by atoms with Crippen LogP contribution in [0, 0.1) is 0 Å². The molecular weight excluding hydrogens is 362 g/mol. The number of hydrogen-bond acceptors (Lipinski definition) is 3. The Morgan fingerprint density at radius 2 is 1.96 bits per heavy atom. The zero-order valence-electron chi connectivity index (χ0n) is 14.3. The molecule has 1 N–H and O–H groups in total. The molecule has 0 aliphatic carbocycles. The fourth-order valence-electron chi connectivity index (χ4n) is 2.71. The van der Waals surface area contributed by atoms with E-state index in [1.165, 1.54) is 0 Å². The maximum Gasteiger partial charge on any atom is 0.255 e. The molecule has 0 radical (unpaired) electrons. The summed E-state index contributed by atoms with van der Waals surface area (Å²) in [6.07, 6.45) is 3.86. The van der Waals surface area contributed by atoms with Crippen molar-refractivity contribution in [2.24, 2.45) is 0 Å². The molecule has 2 aromatic heterocycles. The monoisotopic (exact) mass is 377 g/mol. The number of halogens is 1. The first kappa shape index (κ1) is 17.1. The molecular formula is C21H16ClN3O2. The molecule has 27 heavy (non-hydrogen) atoms. The highest BCUT2D eigenvalue weighted by molar-refractivity contribution is 6.30. The minimum Gasteiger partial charge on any atom is -0.487 e. The summed E-state index contributed by atoms with van der Waals surface area (Å²) in [5.41, 5.74) is 2.83. The molecule has 1 amide bonds. The zero-order valence-corrected chi connectivity index (χ0v) is 15.1. The Morgan fingerprint density at radius 3 is 2.81 bits per heavy atom. The van der Waals surface area contributed by atoms with Gasteiger partial charge < -0.3 is 14.5 Å². The van der Waals surface area contributed by atoms with Gasteiger partial charge in [-0.2, -0.15) is 0 Å². The van der Waals surface area contributed by atoms with Crippen LogP contribution in [-0.4, -0.2) is 15.3 Å². The van der Waals surface area contributed by atoms with E-state index in [4.69, 9.17) is 16.3 Å². The number of anilines is 1. The molecule has 134 valence electrons. The molecule has 0 aliphatic rings. The largest absolute Gasteiger partial charge is 0.487 e. The van der Waals surface area contributed by atoms with Gasteiger partial charge in [-0.3, -0.25) is 4.79 Å². The number of amides is 1. The number of carbonyl (C=O) groups excluding carboxylic acids is 1. The SMILES string of the molecule is O=C(Nc1cccc(Cl)c1)c1cccc(OCc2cn3ccccc3n2)c1. The van der Waals surface area contributed by atoms with E-state index in [1.807, 2.05) is 41.1 Å². The van der Waals surface area contributed by atoms with E-state index in [0.717, 1.165) is 11.3 Å². The van der Waals surface area contributed by atoms with E-state index < -0.39 is 0 Å². The first-order valence-electron chi connectivity index (χ1n) is 8.40. The molecule has 0 saturated carbocycles. The van der Waals surface area contributed by atoms with Crippen LogP contribution in [0.1, 0.15) is 16.1 Å². The molecule has 0 spiro atoms. The highest BCUT2D eigenvalue weighted by atomic mass is 35.5. The molecule has 0 fully saturated rings. The first-order chi connectivity index (χ1) is 13.2. The van der Waals surface area contributed by atoms with Gasteiger partial charge >= 0.3 is 0 Å². The summed E-state index contributed by atoms with van der Waals surface area (Å²) in [5.74, 6) is 0.376. The fraction of sp³-hybridized carbons (Fsp3) is 0.0476. The van der Waals surface area contributed by atoms with Crippen LogP contribution in [0.3, 0.4) is 0 Å². The molecule has 0 bridgehead atoms. The number of rotatable bonds is 5. The first-order valence-corrected chi connectivity index (χ1v) is 8.77. The number of hydrogen-bond donors (Lipinski definition) is 1. The van der Waals surface area contributed by atoms with Crippen molar-refractivity contribution >= 4 is 28.8 Å². The molecule has 2 aromatic carbocycles. The second-order valence-corrected chi connectivity index (χ2v) is 6.42. The van der Waals surface area contributed by atoms with Gasteiger partial charge in [-0.05, 0) is 48.5 Å². The highest BCUT2D eigenvalue weighted by Gasteiger charge is 2.08. The van der Waals surface area contributed by atoms with E-state index in [1.54, 1.807) is 42.5 Å². The lowest BCUT2D eigenvalue weighted by molar-refractivity contribution is 0.102. The number of ether oxygens (including phenoxy) is 1. The molecule has 4 rings (SSSR count). The molecule has 0 unspecified atom stereocenters. The molecule has 4 aromatic rings. The van der Waals surface area contributed by atoms with E-state index >= 15 is 0 Å². The number of nitrogens with one attached hydrogen (secondary N) is 1. The molecule has 0 saturated heterocycles. The molecule has 6 heteroatoms. The average molecular weight is 378 g/mol. The lowest BCUT2D eigenvalue weighted by Crippen LogP contribution is -2.11. The summed E-state index contributed by atoms with van der Waals surface area (Å²) >= 11 is 5.95. The molecule has 0 atom stereocenters. The van der Waals surface area contributed by atoms with Crippen molar-refractivity contribution in [1.82, 2.24) is 9.38 Å². The fourth-order valence-corrected chi connectivity index (χ4v) is 2.90. The Bertz CT molecular complexity index is 1070. The predicted molar refractivity (Wildman–Crippen MR) is 105 cm³/mol. The van der Waals surface area contributed by atoms with Crippen molar-refractivity contribution in [2.45, 2.75) is 6.61 Å². The number of nitrogens with zero attached hydrogens (tertiary/aromatic N) is 2. The van der Waals surface area contributed by atoms with Gasteiger partial charge in [0.25, 0.3) is 5.91 Å². The second-order valence-electron chi connectivity index (χ2n) is 5.98. The van der Waals surface area contributed by atoms with E-state index in [2.05, 4.69) is 10.3 Å². The topological polar surface area (TPSA) is 55.6 Å². The summed E-state index contributed by atoms with van der Waals surface area (Å²) in [5, 5.41) is 3.39. The summed E-state index contributed by atoms with van der Waals surface area (Å²) < 4.78 is 7.74. The number of aromatic nitrogens is 2. The van der Waals surface area contributed by atoms with Gasteiger partial charge in [-0.15, -0.1) is 0 Å². The molecule has 2 heterocycles. The Hall–Kier alpha value is -3.31. The number of pyridine rings is 1. The molecule has 0 aliphatic heterocycles. The van der Waals surface area contributed by atoms with E-state index in [0.29, 0.717) is 28.6 Å². The average Bonchev–Trinajstić information content (AvgIpc) is 3.10. The number of fused-ring (bicyclic) bond motifs is 1. The number of imidazole rings is 1. The van der Waals surface area contributed by atoms with Crippen molar-refractivity contribution in [3.8, 4) is 5.75 Å². The van der Waals surface area contributed by atoms with E-state index in [9.17, 15) is 4.79 Å². The lowest BCUT2D eigenvalue weighted by atomic mass is 10.2. The Balaban J connectivity index is 1.44. The van der Waals surface area contributed by atoms with Gasteiger partial charge in [-0.1, -0.05) is 29.8 Å². The highest BCUT2D eigenvalue weighted by Crippen LogP contribution is 2.19. The van der Waals surface area contributed by atoms with Gasteiger partial charge in [0.05, 0.1) is 5.69 Å². The van der Waals surface area contributed by atoms with Crippen molar-refractivity contribution in [2.75, 3.05) is 5.32 Å². The molecule has 5 nitrogen and oxygen atoms in total. The third-order valence-electron chi connectivity index (χ3n) is 3.98. The zero-order chi connectivity index (χ0) is 18.6. The second kappa shape index (κ2) is 7.51. The van der Waals surface area contributed by atoms with Crippen LogP contribution in [0.5, 0.6) is 5.75 Å². The van der Waals surface area contributed by atoms with Crippen molar-refractivity contribution in [3.63, 3.8) is 0 Å². The minimum absolute atomic E-state index is 0.226. The maximum atomic E-state index is 12.4. The van der Waals surface area contributed by atoms with Crippen LogP contribution >= 0.6 is 11.6 Å². The van der Waals surface area contributed by atoms with Crippen LogP contribution in [0.2, 0.25) is 5.02 Å². The Morgan fingerprint density at radius 1 is 1.07 bits per heavy atom.